The number of rotatable bonds is 6. The molecule has 1 heterocycles. The number of nitrogens with one attached hydrogen (secondary N) is 1. The van der Waals surface area contributed by atoms with Crippen molar-refractivity contribution < 1.29 is 9.53 Å². The van der Waals surface area contributed by atoms with Gasteiger partial charge in [-0.25, -0.2) is 0 Å². The SMILES string of the molecule is C#CCC(C)(C)NC(=O)C(Oc1cc(Cl)c2ncc(C#C)cc2c1)SC. The van der Waals surface area contributed by atoms with Gasteiger partial charge in [0.25, 0.3) is 5.91 Å². The van der Waals surface area contributed by atoms with Gasteiger partial charge in [-0.05, 0) is 32.2 Å². The summed E-state index contributed by atoms with van der Waals surface area (Å²) in [7, 11) is 0. The van der Waals surface area contributed by atoms with Crippen LogP contribution in [0.5, 0.6) is 5.75 Å². The number of nitrogens with zero attached hydrogens (tertiary/aromatic N) is 1. The zero-order valence-electron chi connectivity index (χ0n) is 14.8. The molecule has 1 atom stereocenters. The Bertz CT molecular complexity index is 912. The number of benzene rings is 1. The number of carbonyl (C=O) groups excluding carboxylic acids is 1. The van der Waals surface area contributed by atoms with Crippen molar-refractivity contribution in [3.8, 4) is 30.4 Å². The molecule has 0 aliphatic carbocycles. The molecule has 1 unspecified atom stereocenters. The minimum absolute atomic E-state index is 0.260. The molecule has 0 radical (unpaired) electrons. The first-order valence-electron chi connectivity index (χ1n) is 7.80. The highest BCUT2D eigenvalue weighted by molar-refractivity contribution is 7.99. The number of ether oxygens (including phenoxy) is 1. The number of terminal acetylenes is 2. The van der Waals surface area contributed by atoms with Gasteiger partial charge in [0.1, 0.15) is 5.75 Å². The van der Waals surface area contributed by atoms with E-state index in [0.717, 1.165) is 5.39 Å². The summed E-state index contributed by atoms with van der Waals surface area (Å²) in [4.78, 5) is 16.8. The van der Waals surface area contributed by atoms with Gasteiger partial charge in [0, 0.05) is 35.2 Å². The molecule has 0 spiro atoms. The predicted molar refractivity (Wildman–Crippen MR) is 108 cm³/mol. The maximum Gasteiger partial charge on any atom is 0.272 e. The van der Waals surface area contributed by atoms with Gasteiger partial charge in [-0.2, -0.15) is 0 Å². The van der Waals surface area contributed by atoms with Crippen LogP contribution in [0.15, 0.2) is 24.4 Å². The second kappa shape index (κ2) is 8.36. The van der Waals surface area contributed by atoms with Crippen LogP contribution in [0.25, 0.3) is 10.9 Å². The summed E-state index contributed by atoms with van der Waals surface area (Å²) in [6, 6.07) is 5.19. The highest BCUT2D eigenvalue weighted by atomic mass is 35.5. The second-order valence-electron chi connectivity index (χ2n) is 6.28. The van der Waals surface area contributed by atoms with E-state index in [1.54, 1.807) is 30.7 Å². The third-order valence-corrected chi connectivity index (χ3v) is 4.58. The Morgan fingerprint density at radius 3 is 2.77 bits per heavy atom. The average molecular weight is 387 g/mol. The minimum atomic E-state index is -0.746. The smallest absolute Gasteiger partial charge is 0.272 e. The molecule has 1 aromatic heterocycles. The molecule has 0 aliphatic rings. The van der Waals surface area contributed by atoms with E-state index in [2.05, 4.69) is 22.1 Å². The van der Waals surface area contributed by atoms with Crippen molar-refractivity contribution in [2.45, 2.75) is 31.2 Å². The summed E-state index contributed by atoms with van der Waals surface area (Å²) in [5, 5.41) is 4.07. The zero-order chi connectivity index (χ0) is 19.3. The van der Waals surface area contributed by atoms with Crippen LogP contribution in [-0.2, 0) is 4.79 Å². The molecule has 2 rings (SSSR count). The van der Waals surface area contributed by atoms with Gasteiger partial charge >= 0.3 is 0 Å². The van der Waals surface area contributed by atoms with E-state index in [0.29, 0.717) is 28.3 Å². The number of thioether (sulfide) groups is 1. The number of hydrogen-bond acceptors (Lipinski definition) is 4. The summed E-state index contributed by atoms with van der Waals surface area (Å²) in [5.74, 6) is 5.29. The molecule has 0 fully saturated rings. The molecule has 0 saturated heterocycles. The van der Waals surface area contributed by atoms with E-state index in [-0.39, 0.29) is 5.91 Å². The average Bonchev–Trinajstić information content (AvgIpc) is 2.58. The minimum Gasteiger partial charge on any atom is -0.470 e. The summed E-state index contributed by atoms with van der Waals surface area (Å²) >= 11 is 7.56. The quantitative estimate of drug-likeness (QED) is 0.605. The first kappa shape index (κ1) is 20.0. The number of carbonyl (C=O) groups is 1. The molecule has 1 amide bonds. The van der Waals surface area contributed by atoms with E-state index >= 15 is 0 Å². The van der Waals surface area contributed by atoms with E-state index in [9.17, 15) is 4.79 Å². The van der Waals surface area contributed by atoms with Gasteiger partial charge in [-0.1, -0.05) is 17.5 Å². The summed E-state index contributed by atoms with van der Waals surface area (Å²) < 4.78 is 5.85. The fourth-order valence-corrected chi connectivity index (χ4v) is 3.10. The van der Waals surface area contributed by atoms with Crippen LogP contribution in [0.4, 0.5) is 0 Å². The molecule has 6 heteroatoms. The molecule has 0 aliphatic heterocycles. The summed E-state index contributed by atoms with van der Waals surface area (Å²) in [6.07, 6.45) is 14.6. The summed E-state index contributed by atoms with van der Waals surface area (Å²) in [5.41, 5.74) is -0.000837. The van der Waals surface area contributed by atoms with Crippen molar-refractivity contribution in [3.05, 3.63) is 35.0 Å². The predicted octanol–water partition coefficient (Wildman–Crippen LogP) is 3.86. The van der Waals surface area contributed by atoms with Crippen molar-refractivity contribution in [1.82, 2.24) is 10.3 Å². The first-order valence-corrected chi connectivity index (χ1v) is 9.47. The third-order valence-electron chi connectivity index (χ3n) is 3.55. The lowest BCUT2D eigenvalue weighted by molar-refractivity contribution is -0.126. The topological polar surface area (TPSA) is 51.2 Å². The number of amides is 1. The van der Waals surface area contributed by atoms with Crippen LogP contribution < -0.4 is 10.1 Å². The zero-order valence-corrected chi connectivity index (χ0v) is 16.4. The lowest BCUT2D eigenvalue weighted by Gasteiger charge is -2.26. The number of aromatic nitrogens is 1. The standard InChI is InChI=1S/C20H19ClN2O2S/c1-6-8-20(3,4)23-18(24)19(26-5)25-15-10-14-9-13(7-2)12-22-17(14)16(21)11-15/h1-2,9-12,19H,8H2,3-5H3,(H,23,24). The van der Waals surface area contributed by atoms with Crippen molar-refractivity contribution in [2.75, 3.05) is 6.26 Å². The Hall–Kier alpha value is -2.34. The monoisotopic (exact) mass is 386 g/mol. The van der Waals surface area contributed by atoms with Gasteiger partial charge in [0.05, 0.1) is 10.5 Å². The molecule has 1 N–H and O–H groups in total. The molecule has 2 aromatic rings. The third kappa shape index (κ3) is 4.85. The molecule has 26 heavy (non-hydrogen) atoms. The fraction of sp³-hybridized carbons (Fsp3) is 0.300. The highest BCUT2D eigenvalue weighted by Crippen LogP contribution is 2.30. The van der Waals surface area contributed by atoms with Crippen LogP contribution in [0.2, 0.25) is 5.02 Å². The lowest BCUT2D eigenvalue weighted by atomic mass is 10.0. The highest BCUT2D eigenvalue weighted by Gasteiger charge is 2.26. The van der Waals surface area contributed by atoms with Crippen LogP contribution in [0.1, 0.15) is 25.8 Å². The maximum absolute atomic E-state index is 12.5. The molecule has 0 bridgehead atoms. The van der Waals surface area contributed by atoms with Crippen LogP contribution in [-0.4, -0.2) is 28.1 Å². The van der Waals surface area contributed by atoms with E-state index in [1.807, 2.05) is 13.8 Å². The second-order valence-corrected chi connectivity index (χ2v) is 7.59. The largest absolute Gasteiger partial charge is 0.470 e. The van der Waals surface area contributed by atoms with Crippen LogP contribution in [0.3, 0.4) is 0 Å². The Kier molecular flexibility index (Phi) is 6.42. The fourth-order valence-electron chi connectivity index (χ4n) is 2.35. The van der Waals surface area contributed by atoms with Crippen molar-refractivity contribution in [1.29, 1.82) is 0 Å². The van der Waals surface area contributed by atoms with Gasteiger partial charge < -0.3 is 10.1 Å². The maximum atomic E-state index is 12.5. The number of halogens is 1. The Labute approximate surface area is 163 Å². The van der Waals surface area contributed by atoms with Gasteiger partial charge in [0.2, 0.25) is 5.44 Å². The molecular formula is C20H19ClN2O2S. The Morgan fingerprint density at radius 2 is 2.15 bits per heavy atom. The lowest BCUT2D eigenvalue weighted by Crippen LogP contribution is -2.48. The molecule has 0 saturated carbocycles. The van der Waals surface area contributed by atoms with Gasteiger partial charge in [0.15, 0.2) is 0 Å². The number of pyridine rings is 1. The number of hydrogen-bond donors (Lipinski definition) is 1. The first-order chi connectivity index (χ1) is 12.3. The molecule has 4 nitrogen and oxygen atoms in total. The van der Waals surface area contributed by atoms with E-state index in [1.165, 1.54) is 11.8 Å². The Balaban J connectivity index is 2.26. The summed E-state index contributed by atoms with van der Waals surface area (Å²) in [6.45, 7) is 3.73. The Morgan fingerprint density at radius 1 is 1.42 bits per heavy atom. The molecular weight excluding hydrogens is 368 g/mol. The van der Waals surface area contributed by atoms with Crippen LogP contribution >= 0.6 is 23.4 Å². The molecule has 134 valence electrons. The van der Waals surface area contributed by atoms with Gasteiger partial charge in [-0.3, -0.25) is 9.78 Å². The van der Waals surface area contributed by atoms with Crippen molar-refractivity contribution in [2.24, 2.45) is 0 Å². The normalized spacial score (nSPS) is 12.1. The number of fused-ring (bicyclic) bond motifs is 1. The van der Waals surface area contributed by atoms with Crippen molar-refractivity contribution in [3.63, 3.8) is 0 Å². The van der Waals surface area contributed by atoms with Gasteiger partial charge in [-0.15, -0.1) is 30.5 Å². The van der Waals surface area contributed by atoms with Crippen LogP contribution in [0, 0.1) is 24.7 Å². The van der Waals surface area contributed by atoms with E-state index < -0.39 is 11.0 Å². The van der Waals surface area contributed by atoms with E-state index in [4.69, 9.17) is 29.2 Å². The van der Waals surface area contributed by atoms with Crippen molar-refractivity contribution >= 4 is 40.2 Å². The molecule has 1 aromatic carbocycles.